The molecule has 0 aliphatic heterocycles. The first-order chi connectivity index (χ1) is 8.05. The maximum atomic E-state index is 12.0. The van der Waals surface area contributed by atoms with Gasteiger partial charge in [0.25, 0.3) is 0 Å². The van der Waals surface area contributed by atoms with Crippen LogP contribution < -0.4 is 0 Å². The number of carbonyl (C=O) groups is 1. The van der Waals surface area contributed by atoms with Crippen molar-refractivity contribution < 1.29 is 4.79 Å². The van der Waals surface area contributed by atoms with E-state index in [0.29, 0.717) is 12.2 Å². The number of aromatic nitrogens is 4. The second kappa shape index (κ2) is 3.46. The van der Waals surface area contributed by atoms with E-state index < -0.39 is 0 Å². The number of H-pyrrole nitrogens is 1. The number of ketones is 1. The molecule has 0 bridgehead atoms. The molecule has 3 rings (SSSR count). The van der Waals surface area contributed by atoms with Gasteiger partial charge in [-0.2, -0.15) is 5.10 Å². The number of Topliss-reactive ketones (excluding diaryl/α,β-unsaturated/α-hetero) is 1. The molecule has 2 heterocycles. The largest absolute Gasteiger partial charge is 0.293 e. The molecule has 0 atom stereocenters. The second-order valence-corrected chi connectivity index (χ2v) is 6.07. The predicted molar refractivity (Wildman–Crippen MR) is 63.9 cm³/mol. The lowest BCUT2D eigenvalue weighted by molar-refractivity contribution is 0.0916. The van der Waals surface area contributed by atoms with Crippen molar-refractivity contribution in [2.45, 2.75) is 26.7 Å². The summed E-state index contributed by atoms with van der Waals surface area (Å²) in [4.78, 5) is 21.4. The molecule has 88 valence electrons. The smallest absolute Gasteiger partial charge is 0.184 e. The van der Waals surface area contributed by atoms with Crippen molar-refractivity contribution in [1.82, 2.24) is 20.2 Å². The number of thiazole rings is 1. The number of nitrogens with one attached hydrogen (secondary N) is 1. The Hall–Kier alpha value is -1.56. The molecule has 0 radical (unpaired) electrons. The van der Waals surface area contributed by atoms with Gasteiger partial charge in [-0.3, -0.25) is 9.89 Å². The van der Waals surface area contributed by atoms with E-state index in [1.54, 1.807) is 0 Å². The number of carbonyl (C=O) groups excluding carboxylic acids is 1. The van der Waals surface area contributed by atoms with Gasteiger partial charge in [-0.25, -0.2) is 9.97 Å². The zero-order valence-electron chi connectivity index (χ0n) is 9.65. The lowest BCUT2D eigenvalue weighted by atomic mass is 9.78. The molecule has 0 amide bonds. The van der Waals surface area contributed by atoms with Gasteiger partial charge < -0.3 is 0 Å². The fourth-order valence-corrected chi connectivity index (χ4v) is 3.10. The average molecular weight is 248 g/mol. The van der Waals surface area contributed by atoms with Crippen LogP contribution in [0.1, 0.15) is 35.6 Å². The van der Waals surface area contributed by atoms with Crippen molar-refractivity contribution >= 4 is 17.1 Å². The molecule has 17 heavy (non-hydrogen) atoms. The third-order valence-electron chi connectivity index (χ3n) is 2.85. The third-order valence-corrected chi connectivity index (χ3v) is 4.00. The Kier molecular flexibility index (Phi) is 2.16. The fraction of sp³-hybridized carbons (Fsp3) is 0.455. The van der Waals surface area contributed by atoms with Gasteiger partial charge >= 0.3 is 0 Å². The van der Waals surface area contributed by atoms with Crippen molar-refractivity contribution in [3.8, 4) is 10.8 Å². The Morgan fingerprint density at radius 2 is 2.24 bits per heavy atom. The van der Waals surface area contributed by atoms with E-state index >= 15 is 0 Å². The molecular weight excluding hydrogens is 236 g/mol. The van der Waals surface area contributed by atoms with Crippen LogP contribution in [0.25, 0.3) is 10.8 Å². The quantitative estimate of drug-likeness (QED) is 0.838. The van der Waals surface area contributed by atoms with Crippen LogP contribution in [0.15, 0.2) is 6.33 Å². The van der Waals surface area contributed by atoms with Crippen LogP contribution in [0.2, 0.25) is 0 Å². The van der Waals surface area contributed by atoms with Crippen molar-refractivity contribution in [1.29, 1.82) is 0 Å². The Balaban J connectivity index is 2.07. The highest BCUT2D eigenvalue weighted by atomic mass is 32.1. The van der Waals surface area contributed by atoms with Crippen molar-refractivity contribution in [2.75, 3.05) is 0 Å². The van der Waals surface area contributed by atoms with Crippen molar-refractivity contribution in [3.05, 3.63) is 16.9 Å². The zero-order valence-corrected chi connectivity index (χ0v) is 10.5. The van der Waals surface area contributed by atoms with E-state index in [1.807, 2.05) is 0 Å². The van der Waals surface area contributed by atoms with Gasteiger partial charge in [0, 0.05) is 6.42 Å². The molecule has 0 fully saturated rings. The molecule has 1 aliphatic carbocycles. The Morgan fingerprint density at radius 3 is 2.94 bits per heavy atom. The Labute approximate surface area is 102 Å². The van der Waals surface area contributed by atoms with Gasteiger partial charge in [-0.15, -0.1) is 11.3 Å². The maximum Gasteiger partial charge on any atom is 0.184 e. The van der Waals surface area contributed by atoms with E-state index in [0.717, 1.165) is 22.0 Å². The first-order valence-corrected chi connectivity index (χ1v) is 6.25. The fourth-order valence-electron chi connectivity index (χ4n) is 2.13. The molecule has 0 saturated carbocycles. The normalized spacial score (nSPS) is 18.1. The Morgan fingerprint density at radius 1 is 1.41 bits per heavy atom. The first kappa shape index (κ1) is 10.6. The van der Waals surface area contributed by atoms with Gasteiger partial charge in [-0.05, 0) is 11.8 Å². The van der Waals surface area contributed by atoms with Crippen LogP contribution in [0.4, 0.5) is 0 Å². The summed E-state index contributed by atoms with van der Waals surface area (Å²) < 4.78 is 0. The highest BCUT2D eigenvalue weighted by Crippen LogP contribution is 2.38. The molecule has 1 aliphatic rings. The molecular formula is C11H12N4OS. The minimum absolute atomic E-state index is 0.0108. The summed E-state index contributed by atoms with van der Waals surface area (Å²) in [7, 11) is 0. The summed E-state index contributed by atoms with van der Waals surface area (Å²) >= 11 is 1.41. The van der Waals surface area contributed by atoms with Gasteiger partial charge in [0.2, 0.25) is 0 Å². The number of rotatable bonds is 1. The number of aromatic amines is 1. The van der Waals surface area contributed by atoms with Crippen LogP contribution >= 0.6 is 11.3 Å². The van der Waals surface area contributed by atoms with E-state index in [-0.39, 0.29) is 11.2 Å². The summed E-state index contributed by atoms with van der Waals surface area (Å²) in [6.07, 6.45) is 2.89. The topological polar surface area (TPSA) is 71.5 Å². The van der Waals surface area contributed by atoms with E-state index in [2.05, 4.69) is 34.0 Å². The van der Waals surface area contributed by atoms with Gasteiger partial charge in [0.15, 0.2) is 16.6 Å². The Bertz CT molecular complexity index is 570. The summed E-state index contributed by atoms with van der Waals surface area (Å²) in [5, 5.41) is 7.32. The molecule has 2 aromatic heterocycles. The van der Waals surface area contributed by atoms with Crippen molar-refractivity contribution in [2.24, 2.45) is 5.41 Å². The number of hydrogen-bond acceptors (Lipinski definition) is 5. The summed E-state index contributed by atoms with van der Waals surface area (Å²) in [6, 6.07) is 0. The van der Waals surface area contributed by atoms with Crippen LogP contribution in [-0.2, 0) is 6.42 Å². The molecule has 0 saturated heterocycles. The number of hydrogen-bond donors (Lipinski definition) is 1. The van der Waals surface area contributed by atoms with Crippen LogP contribution in [0, 0.1) is 5.41 Å². The minimum atomic E-state index is 0.0108. The lowest BCUT2D eigenvalue weighted by Gasteiger charge is -2.26. The zero-order chi connectivity index (χ0) is 12.0. The number of nitrogens with zero attached hydrogens (tertiary/aromatic N) is 3. The standard InChI is InChI=1S/C11H12N4OS/c1-11(2)3-6-8(7(16)4-11)17-10(14-6)9-12-5-13-15-9/h5H,3-4H2,1-2H3,(H,12,13,15). The third kappa shape index (κ3) is 1.78. The summed E-state index contributed by atoms with van der Waals surface area (Å²) in [6.45, 7) is 4.20. The van der Waals surface area contributed by atoms with Gasteiger partial charge in [0.1, 0.15) is 6.33 Å². The molecule has 1 N–H and O–H groups in total. The average Bonchev–Trinajstić information content (AvgIpc) is 2.81. The molecule has 0 spiro atoms. The van der Waals surface area contributed by atoms with Crippen molar-refractivity contribution in [3.63, 3.8) is 0 Å². The SMILES string of the molecule is CC1(C)CC(=O)c2sc(-c3ncn[nH]3)nc2C1. The lowest BCUT2D eigenvalue weighted by Crippen LogP contribution is -2.25. The predicted octanol–water partition coefficient (Wildman–Crippen LogP) is 2.08. The summed E-state index contributed by atoms with van der Waals surface area (Å²) in [5.74, 6) is 0.828. The molecule has 6 heteroatoms. The highest BCUT2D eigenvalue weighted by Gasteiger charge is 2.34. The molecule has 0 unspecified atom stereocenters. The minimum Gasteiger partial charge on any atom is -0.293 e. The van der Waals surface area contributed by atoms with Gasteiger partial charge in [-0.1, -0.05) is 13.8 Å². The maximum absolute atomic E-state index is 12.0. The summed E-state index contributed by atoms with van der Waals surface area (Å²) in [5.41, 5.74) is 0.916. The molecule has 0 aromatic carbocycles. The van der Waals surface area contributed by atoms with Crippen LogP contribution in [0.3, 0.4) is 0 Å². The van der Waals surface area contributed by atoms with E-state index in [4.69, 9.17) is 0 Å². The molecule has 5 nitrogen and oxygen atoms in total. The second-order valence-electron chi connectivity index (χ2n) is 5.07. The monoisotopic (exact) mass is 248 g/mol. The van der Waals surface area contributed by atoms with Gasteiger partial charge in [0.05, 0.1) is 10.6 Å². The number of fused-ring (bicyclic) bond motifs is 1. The van der Waals surface area contributed by atoms with E-state index in [9.17, 15) is 4.79 Å². The molecule has 2 aromatic rings. The first-order valence-electron chi connectivity index (χ1n) is 5.44. The van der Waals surface area contributed by atoms with E-state index in [1.165, 1.54) is 17.7 Å². The van der Waals surface area contributed by atoms with Crippen LogP contribution in [0.5, 0.6) is 0 Å². The highest BCUT2D eigenvalue weighted by molar-refractivity contribution is 7.17. The van der Waals surface area contributed by atoms with Crippen LogP contribution in [-0.4, -0.2) is 25.9 Å².